The second kappa shape index (κ2) is 7.82. The Kier molecular flexibility index (Phi) is 5.27. The van der Waals surface area contributed by atoms with E-state index in [1.54, 1.807) is 4.90 Å². The summed E-state index contributed by atoms with van der Waals surface area (Å²) in [5, 5.41) is 7.01. The first kappa shape index (κ1) is 18.2. The van der Waals surface area contributed by atoms with Gasteiger partial charge >= 0.3 is 6.03 Å². The molecular formula is C19H16Br2N4O2. The highest BCUT2D eigenvalue weighted by molar-refractivity contribution is 9.10. The third-order valence-corrected chi connectivity index (χ3v) is 5.50. The molecule has 1 aliphatic rings. The predicted molar refractivity (Wildman–Crippen MR) is 109 cm³/mol. The van der Waals surface area contributed by atoms with Crippen LogP contribution in [0.25, 0.3) is 11.4 Å². The van der Waals surface area contributed by atoms with Crippen molar-refractivity contribution in [3.05, 3.63) is 63.4 Å². The van der Waals surface area contributed by atoms with Crippen molar-refractivity contribution in [3.8, 4) is 11.4 Å². The number of hydrogen-bond acceptors (Lipinski definition) is 4. The van der Waals surface area contributed by atoms with Crippen LogP contribution in [0.2, 0.25) is 0 Å². The molecule has 27 heavy (non-hydrogen) atoms. The molecule has 1 fully saturated rings. The zero-order chi connectivity index (χ0) is 18.8. The fraction of sp³-hybridized carbons (Fsp3) is 0.211. The Morgan fingerprint density at radius 3 is 2.44 bits per heavy atom. The van der Waals surface area contributed by atoms with E-state index in [4.69, 9.17) is 4.52 Å². The maximum Gasteiger partial charge on any atom is 0.322 e. The van der Waals surface area contributed by atoms with E-state index in [2.05, 4.69) is 47.3 Å². The fourth-order valence-electron chi connectivity index (χ4n) is 3.08. The summed E-state index contributed by atoms with van der Waals surface area (Å²) in [6, 6.07) is 14.8. The van der Waals surface area contributed by atoms with Gasteiger partial charge in [0.15, 0.2) is 0 Å². The molecule has 1 atom stereocenters. The third-order valence-electron chi connectivity index (χ3n) is 4.44. The Morgan fingerprint density at radius 1 is 1.07 bits per heavy atom. The molecule has 1 unspecified atom stereocenters. The van der Waals surface area contributed by atoms with Gasteiger partial charge in [-0.3, -0.25) is 0 Å². The molecule has 4 rings (SSSR count). The Morgan fingerprint density at radius 2 is 1.74 bits per heavy atom. The molecule has 1 saturated heterocycles. The Bertz CT molecular complexity index is 941. The highest BCUT2D eigenvalue weighted by Crippen LogP contribution is 2.32. The second-order valence-electron chi connectivity index (χ2n) is 6.25. The highest BCUT2D eigenvalue weighted by atomic mass is 79.9. The number of aromatic nitrogens is 2. The van der Waals surface area contributed by atoms with Gasteiger partial charge in [-0.15, -0.1) is 0 Å². The smallest absolute Gasteiger partial charge is 0.322 e. The van der Waals surface area contributed by atoms with Crippen LogP contribution in [0.5, 0.6) is 0 Å². The van der Waals surface area contributed by atoms with Gasteiger partial charge in [-0.05, 0) is 61.4 Å². The number of rotatable bonds is 3. The zero-order valence-corrected chi connectivity index (χ0v) is 17.4. The molecular weight excluding hydrogens is 476 g/mol. The molecule has 6 nitrogen and oxygen atoms in total. The largest absolute Gasteiger partial charge is 0.337 e. The van der Waals surface area contributed by atoms with E-state index in [0.717, 1.165) is 33.0 Å². The molecule has 138 valence electrons. The molecule has 1 aliphatic heterocycles. The minimum Gasteiger partial charge on any atom is -0.337 e. The van der Waals surface area contributed by atoms with Crippen LogP contribution in [0.3, 0.4) is 0 Å². The number of urea groups is 1. The standard InChI is InChI=1S/C19H16Br2N4O2/c20-13-5-3-12(4-6-13)17-23-18(27-24-17)16-2-1-11-25(16)19(26)22-15-9-7-14(21)8-10-15/h3-10,16H,1-2,11H2,(H,22,26). The lowest BCUT2D eigenvalue weighted by atomic mass is 10.2. The molecule has 2 aromatic carbocycles. The number of nitrogens with zero attached hydrogens (tertiary/aromatic N) is 3. The van der Waals surface area contributed by atoms with E-state index in [1.165, 1.54) is 0 Å². The fourth-order valence-corrected chi connectivity index (χ4v) is 3.61. The highest BCUT2D eigenvalue weighted by Gasteiger charge is 2.34. The monoisotopic (exact) mass is 490 g/mol. The molecule has 2 heterocycles. The number of carbonyl (C=O) groups is 1. The molecule has 0 saturated carbocycles. The normalized spacial score (nSPS) is 16.5. The van der Waals surface area contributed by atoms with Gasteiger partial charge in [0.1, 0.15) is 6.04 Å². The summed E-state index contributed by atoms with van der Waals surface area (Å²) in [5.41, 5.74) is 1.62. The summed E-state index contributed by atoms with van der Waals surface area (Å²) in [5.74, 6) is 0.994. The van der Waals surface area contributed by atoms with Gasteiger partial charge in [0, 0.05) is 26.7 Å². The van der Waals surface area contributed by atoms with Crippen molar-refractivity contribution in [1.29, 1.82) is 0 Å². The van der Waals surface area contributed by atoms with Crippen LogP contribution in [0, 0.1) is 0 Å². The molecule has 0 aliphatic carbocycles. The number of anilines is 1. The van der Waals surface area contributed by atoms with Crippen molar-refractivity contribution < 1.29 is 9.32 Å². The quantitative estimate of drug-likeness (QED) is 0.515. The van der Waals surface area contributed by atoms with Crippen molar-refractivity contribution >= 4 is 43.6 Å². The van der Waals surface area contributed by atoms with Crippen LogP contribution in [-0.4, -0.2) is 27.6 Å². The van der Waals surface area contributed by atoms with Gasteiger partial charge in [0.2, 0.25) is 11.7 Å². The van der Waals surface area contributed by atoms with Gasteiger partial charge < -0.3 is 14.7 Å². The average Bonchev–Trinajstić information content (AvgIpc) is 3.33. The first-order chi connectivity index (χ1) is 13.1. The van der Waals surface area contributed by atoms with Crippen LogP contribution in [0.1, 0.15) is 24.8 Å². The van der Waals surface area contributed by atoms with Crippen LogP contribution in [0.15, 0.2) is 62.0 Å². The molecule has 8 heteroatoms. The van der Waals surface area contributed by atoms with Gasteiger partial charge in [0.25, 0.3) is 0 Å². The molecule has 3 aromatic rings. The molecule has 0 bridgehead atoms. The van der Waals surface area contributed by atoms with Crippen molar-refractivity contribution in [2.45, 2.75) is 18.9 Å². The maximum atomic E-state index is 12.7. The van der Waals surface area contributed by atoms with E-state index >= 15 is 0 Å². The zero-order valence-electron chi connectivity index (χ0n) is 14.2. The summed E-state index contributed by atoms with van der Waals surface area (Å²) in [6.45, 7) is 0.656. The number of carbonyl (C=O) groups excluding carboxylic acids is 1. The summed E-state index contributed by atoms with van der Waals surface area (Å²) in [6.07, 6.45) is 1.70. The van der Waals surface area contributed by atoms with E-state index in [-0.39, 0.29) is 12.1 Å². The Labute approximate surface area is 173 Å². The molecule has 2 amide bonds. The van der Waals surface area contributed by atoms with Crippen molar-refractivity contribution in [1.82, 2.24) is 15.0 Å². The van der Waals surface area contributed by atoms with E-state index < -0.39 is 0 Å². The summed E-state index contributed by atoms with van der Waals surface area (Å²) in [4.78, 5) is 19.0. The lowest BCUT2D eigenvalue weighted by molar-refractivity contribution is 0.193. The third kappa shape index (κ3) is 4.06. The van der Waals surface area contributed by atoms with Crippen LogP contribution in [-0.2, 0) is 0 Å². The van der Waals surface area contributed by atoms with Crippen LogP contribution in [0.4, 0.5) is 10.5 Å². The maximum absolute atomic E-state index is 12.7. The first-order valence-corrected chi connectivity index (χ1v) is 10.1. The number of halogens is 2. The lowest BCUT2D eigenvalue weighted by Crippen LogP contribution is -2.34. The summed E-state index contributed by atoms with van der Waals surface area (Å²) >= 11 is 6.80. The van der Waals surface area contributed by atoms with E-state index in [0.29, 0.717) is 18.3 Å². The molecule has 1 N–H and O–H groups in total. The SMILES string of the molecule is O=C(Nc1ccc(Br)cc1)N1CCCC1c1nc(-c2ccc(Br)cc2)no1. The minimum absolute atomic E-state index is 0.164. The van der Waals surface area contributed by atoms with E-state index in [9.17, 15) is 4.79 Å². The van der Waals surface area contributed by atoms with Crippen molar-refractivity contribution in [2.24, 2.45) is 0 Å². The Hall–Kier alpha value is -2.19. The second-order valence-corrected chi connectivity index (χ2v) is 8.08. The number of nitrogens with one attached hydrogen (secondary N) is 1. The molecule has 0 radical (unpaired) electrons. The summed E-state index contributed by atoms with van der Waals surface area (Å²) < 4.78 is 7.43. The van der Waals surface area contributed by atoms with Crippen LogP contribution >= 0.6 is 31.9 Å². The number of amides is 2. The lowest BCUT2D eigenvalue weighted by Gasteiger charge is -2.22. The van der Waals surface area contributed by atoms with Gasteiger partial charge in [-0.2, -0.15) is 4.98 Å². The van der Waals surface area contributed by atoms with Gasteiger partial charge in [-0.1, -0.05) is 37.0 Å². The molecule has 1 aromatic heterocycles. The minimum atomic E-state index is -0.211. The topological polar surface area (TPSA) is 71.3 Å². The van der Waals surface area contributed by atoms with Crippen LogP contribution < -0.4 is 5.32 Å². The van der Waals surface area contributed by atoms with Crippen molar-refractivity contribution in [3.63, 3.8) is 0 Å². The number of likely N-dealkylation sites (tertiary alicyclic amines) is 1. The number of benzene rings is 2. The first-order valence-electron chi connectivity index (χ1n) is 8.53. The van der Waals surface area contributed by atoms with Gasteiger partial charge in [0.05, 0.1) is 0 Å². The van der Waals surface area contributed by atoms with E-state index in [1.807, 2.05) is 48.5 Å². The van der Waals surface area contributed by atoms with Crippen molar-refractivity contribution in [2.75, 3.05) is 11.9 Å². The van der Waals surface area contributed by atoms with Gasteiger partial charge in [-0.25, -0.2) is 4.79 Å². The number of hydrogen-bond donors (Lipinski definition) is 1. The summed E-state index contributed by atoms with van der Waals surface area (Å²) in [7, 11) is 0. The average molecular weight is 492 g/mol. The molecule has 0 spiro atoms. The Balaban J connectivity index is 1.50. The predicted octanol–water partition coefficient (Wildman–Crippen LogP) is 5.63.